The monoisotopic (exact) mass is 315 g/mol. The molecule has 0 spiro atoms. The van der Waals surface area contributed by atoms with Gasteiger partial charge >= 0.3 is 0 Å². The van der Waals surface area contributed by atoms with E-state index < -0.39 is 0 Å². The van der Waals surface area contributed by atoms with Gasteiger partial charge in [0.1, 0.15) is 5.75 Å². The molecule has 0 aliphatic heterocycles. The molecular weight excluding hydrogens is 294 g/mol. The quantitative estimate of drug-likeness (QED) is 0.823. The second-order valence-corrected chi connectivity index (χ2v) is 5.13. The van der Waals surface area contributed by atoms with Gasteiger partial charge in [-0.25, -0.2) is 0 Å². The van der Waals surface area contributed by atoms with E-state index in [1.54, 1.807) is 38.5 Å². The van der Waals surface area contributed by atoms with Crippen LogP contribution in [0.4, 0.5) is 0 Å². The molecule has 5 nitrogen and oxygen atoms in total. The maximum atomic E-state index is 11.9. The van der Waals surface area contributed by atoms with Crippen LogP contribution in [0.25, 0.3) is 0 Å². The molecule has 0 aliphatic carbocycles. The van der Waals surface area contributed by atoms with Crippen molar-refractivity contribution < 1.29 is 19.4 Å². The molecule has 23 heavy (non-hydrogen) atoms. The third-order valence-electron chi connectivity index (χ3n) is 3.48. The molecule has 0 atom stereocenters. The van der Waals surface area contributed by atoms with Gasteiger partial charge in [-0.3, -0.25) is 4.79 Å². The number of ether oxygens (including phenoxy) is 2. The first-order valence-electron chi connectivity index (χ1n) is 7.38. The molecule has 0 heterocycles. The Morgan fingerprint density at radius 3 is 2.30 bits per heavy atom. The number of phenolic OH excluding ortho intramolecular Hbond substituents is 1. The topological polar surface area (TPSA) is 67.8 Å². The van der Waals surface area contributed by atoms with Crippen LogP contribution in [0.3, 0.4) is 0 Å². The van der Waals surface area contributed by atoms with Crippen molar-refractivity contribution in [3.63, 3.8) is 0 Å². The number of hydrogen-bond donors (Lipinski definition) is 2. The molecule has 0 aliphatic rings. The van der Waals surface area contributed by atoms with Crippen LogP contribution >= 0.6 is 0 Å². The first-order chi connectivity index (χ1) is 11.1. The normalized spacial score (nSPS) is 10.2. The van der Waals surface area contributed by atoms with E-state index in [4.69, 9.17) is 9.47 Å². The summed E-state index contributed by atoms with van der Waals surface area (Å²) in [5.74, 6) is 1.52. The Bertz CT molecular complexity index is 653. The number of rotatable bonds is 7. The SMILES string of the molecule is COc1ccc(CCNC(=O)Cc2ccc(O)cc2)cc1OC. The Labute approximate surface area is 135 Å². The Morgan fingerprint density at radius 1 is 1.00 bits per heavy atom. The van der Waals surface area contributed by atoms with Gasteiger partial charge in [-0.1, -0.05) is 18.2 Å². The molecule has 122 valence electrons. The summed E-state index contributed by atoms with van der Waals surface area (Å²) in [4.78, 5) is 11.9. The second-order valence-electron chi connectivity index (χ2n) is 5.13. The van der Waals surface area contributed by atoms with Crippen LogP contribution in [0.5, 0.6) is 17.2 Å². The summed E-state index contributed by atoms with van der Waals surface area (Å²) in [5, 5.41) is 12.1. The van der Waals surface area contributed by atoms with Crippen molar-refractivity contribution in [2.75, 3.05) is 20.8 Å². The van der Waals surface area contributed by atoms with Gasteiger partial charge in [0.05, 0.1) is 20.6 Å². The number of carbonyl (C=O) groups excluding carboxylic acids is 1. The molecule has 0 bridgehead atoms. The number of benzene rings is 2. The zero-order valence-corrected chi connectivity index (χ0v) is 13.3. The predicted molar refractivity (Wildman–Crippen MR) is 88.1 cm³/mol. The number of methoxy groups -OCH3 is 2. The molecule has 0 unspecified atom stereocenters. The van der Waals surface area contributed by atoms with Gasteiger partial charge in [0.25, 0.3) is 0 Å². The van der Waals surface area contributed by atoms with Crippen LogP contribution in [-0.4, -0.2) is 31.8 Å². The highest BCUT2D eigenvalue weighted by Crippen LogP contribution is 2.27. The smallest absolute Gasteiger partial charge is 0.224 e. The van der Waals surface area contributed by atoms with Gasteiger partial charge in [-0.2, -0.15) is 0 Å². The third kappa shape index (κ3) is 4.92. The van der Waals surface area contributed by atoms with E-state index in [1.165, 1.54) is 0 Å². The minimum Gasteiger partial charge on any atom is -0.508 e. The van der Waals surface area contributed by atoms with Gasteiger partial charge < -0.3 is 19.9 Å². The molecule has 2 N–H and O–H groups in total. The van der Waals surface area contributed by atoms with Crippen LogP contribution in [0.2, 0.25) is 0 Å². The lowest BCUT2D eigenvalue weighted by molar-refractivity contribution is -0.120. The number of aromatic hydroxyl groups is 1. The zero-order chi connectivity index (χ0) is 16.7. The van der Waals surface area contributed by atoms with Crippen LogP contribution < -0.4 is 14.8 Å². The maximum absolute atomic E-state index is 11.9. The van der Waals surface area contributed by atoms with Gasteiger partial charge in [-0.15, -0.1) is 0 Å². The van der Waals surface area contributed by atoms with E-state index in [1.807, 2.05) is 18.2 Å². The Kier molecular flexibility index (Phi) is 5.86. The fourth-order valence-electron chi connectivity index (χ4n) is 2.24. The van der Waals surface area contributed by atoms with Crippen molar-refractivity contribution in [3.8, 4) is 17.2 Å². The number of amides is 1. The summed E-state index contributed by atoms with van der Waals surface area (Å²) < 4.78 is 10.5. The van der Waals surface area contributed by atoms with Crippen LogP contribution in [0.15, 0.2) is 42.5 Å². The average Bonchev–Trinajstić information content (AvgIpc) is 2.56. The van der Waals surface area contributed by atoms with Crippen LogP contribution in [0.1, 0.15) is 11.1 Å². The van der Waals surface area contributed by atoms with E-state index in [2.05, 4.69) is 5.32 Å². The van der Waals surface area contributed by atoms with Gasteiger partial charge in [0.2, 0.25) is 5.91 Å². The summed E-state index contributed by atoms with van der Waals surface area (Å²) in [6, 6.07) is 12.3. The van der Waals surface area contributed by atoms with Gasteiger partial charge in [0, 0.05) is 6.54 Å². The first kappa shape index (κ1) is 16.7. The van der Waals surface area contributed by atoms with Crippen molar-refractivity contribution in [2.24, 2.45) is 0 Å². The Morgan fingerprint density at radius 2 is 1.65 bits per heavy atom. The average molecular weight is 315 g/mol. The molecule has 2 aromatic rings. The van der Waals surface area contributed by atoms with Crippen LogP contribution in [-0.2, 0) is 17.6 Å². The van der Waals surface area contributed by atoms with Crippen molar-refractivity contribution in [3.05, 3.63) is 53.6 Å². The Hall–Kier alpha value is -2.69. The van der Waals surface area contributed by atoms with E-state index >= 15 is 0 Å². The van der Waals surface area contributed by atoms with E-state index in [9.17, 15) is 9.90 Å². The molecule has 0 aromatic heterocycles. The number of hydrogen-bond acceptors (Lipinski definition) is 4. The summed E-state index contributed by atoms with van der Waals surface area (Å²) >= 11 is 0. The van der Waals surface area contributed by atoms with Crippen molar-refractivity contribution in [2.45, 2.75) is 12.8 Å². The molecule has 0 fully saturated rings. The molecule has 0 saturated carbocycles. The highest BCUT2D eigenvalue weighted by Gasteiger charge is 2.06. The fraction of sp³-hybridized carbons (Fsp3) is 0.278. The minimum absolute atomic E-state index is 0.0452. The van der Waals surface area contributed by atoms with E-state index in [0.29, 0.717) is 30.9 Å². The summed E-state index contributed by atoms with van der Waals surface area (Å²) in [6.07, 6.45) is 1.01. The zero-order valence-electron chi connectivity index (χ0n) is 13.3. The van der Waals surface area contributed by atoms with Gasteiger partial charge in [-0.05, 0) is 41.8 Å². The highest BCUT2D eigenvalue weighted by atomic mass is 16.5. The predicted octanol–water partition coefficient (Wildman–Crippen LogP) is 2.31. The van der Waals surface area contributed by atoms with Crippen molar-refractivity contribution >= 4 is 5.91 Å². The largest absolute Gasteiger partial charge is 0.508 e. The summed E-state index contributed by atoms with van der Waals surface area (Å²) in [5.41, 5.74) is 1.93. The van der Waals surface area contributed by atoms with Gasteiger partial charge in [0.15, 0.2) is 11.5 Å². The number of carbonyl (C=O) groups is 1. The van der Waals surface area contributed by atoms with Crippen LogP contribution in [0, 0.1) is 0 Å². The molecule has 2 aromatic carbocycles. The minimum atomic E-state index is -0.0452. The molecule has 0 radical (unpaired) electrons. The highest BCUT2D eigenvalue weighted by molar-refractivity contribution is 5.78. The fourth-order valence-corrected chi connectivity index (χ4v) is 2.24. The lowest BCUT2D eigenvalue weighted by Gasteiger charge is -2.10. The maximum Gasteiger partial charge on any atom is 0.224 e. The number of phenols is 1. The van der Waals surface area contributed by atoms with Crippen molar-refractivity contribution in [1.82, 2.24) is 5.32 Å². The van der Waals surface area contributed by atoms with E-state index in [-0.39, 0.29) is 11.7 Å². The second kappa shape index (κ2) is 8.08. The summed E-state index contributed by atoms with van der Waals surface area (Å²) in [7, 11) is 3.20. The lowest BCUT2D eigenvalue weighted by Crippen LogP contribution is -2.27. The molecule has 1 amide bonds. The Balaban J connectivity index is 1.82. The molecule has 0 saturated heterocycles. The summed E-state index contributed by atoms with van der Waals surface area (Å²) in [6.45, 7) is 0.548. The lowest BCUT2D eigenvalue weighted by atomic mass is 10.1. The third-order valence-corrected chi connectivity index (χ3v) is 3.48. The number of nitrogens with one attached hydrogen (secondary N) is 1. The standard InChI is InChI=1S/C18H21NO4/c1-22-16-8-5-14(11-17(16)23-2)9-10-19-18(21)12-13-3-6-15(20)7-4-13/h3-8,11,20H,9-10,12H2,1-2H3,(H,19,21). The van der Waals surface area contributed by atoms with Crippen molar-refractivity contribution in [1.29, 1.82) is 0 Å². The molecule has 2 rings (SSSR count). The first-order valence-corrected chi connectivity index (χ1v) is 7.38. The molecule has 5 heteroatoms. The van der Waals surface area contributed by atoms with E-state index in [0.717, 1.165) is 11.1 Å². The molecular formula is C18H21NO4.